The minimum absolute atomic E-state index is 0.0735. The van der Waals surface area contributed by atoms with Crippen LogP contribution in [-0.4, -0.2) is 31.9 Å². The zero-order valence-corrected chi connectivity index (χ0v) is 19.8. The first-order chi connectivity index (χ1) is 15.4. The summed E-state index contributed by atoms with van der Waals surface area (Å²) < 4.78 is 63.2. The van der Waals surface area contributed by atoms with Crippen LogP contribution in [0.1, 0.15) is 55.6 Å². The van der Waals surface area contributed by atoms with Crippen molar-refractivity contribution in [3.63, 3.8) is 0 Å². The van der Waals surface area contributed by atoms with E-state index in [0.29, 0.717) is 16.8 Å². The fourth-order valence-electron chi connectivity index (χ4n) is 2.44. The molecule has 0 amide bonds. The van der Waals surface area contributed by atoms with Gasteiger partial charge in [-0.25, -0.2) is 13.8 Å². The number of allylic oxidation sites excluding steroid dienone is 1. The van der Waals surface area contributed by atoms with Gasteiger partial charge < -0.3 is 15.4 Å². The number of nitrogens with one attached hydrogen (secondary N) is 2. The first kappa shape index (κ1) is 30.2. The van der Waals surface area contributed by atoms with E-state index in [1.54, 1.807) is 32.9 Å². The molecule has 4 nitrogen and oxygen atoms in total. The lowest BCUT2D eigenvalue weighted by Gasteiger charge is -2.12. The first-order valence-corrected chi connectivity index (χ1v) is 10.4. The van der Waals surface area contributed by atoms with Gasteiger partial charge in [0, 0.05) is 13.5 Å². The summed E-state index contributed by atoms with van der Waals surface area (Å²) in [7, 11) is 3.41. The normalized spacial score (nSPS) is 10.9. The Kier molecular flexibility index (Phi) is 13.8. The van der Waals surface area contributed by atoms with Crippen molar-refractivity contribution in [2.24, 2.45) is 0 Å². The largest absolute Gasteiger partial charge is 0.433 e. The van der Waals surface area contributed by atoms with Gasteiger partial charge in [-0.05, 0) is 55.8 Å². The Bertz CT molecular complexity index is 871. The molecule has 0 unspecified atom stereocenters. The van der Waals surface area contributed by atoms with Crippen LogP contribution >= 0.6 is 0 Å². The molecule has 9 heteroatoms. The number of halogens is 5. The number of carbonyl (C=O) groups is 1. The molecule has 0 aliphatic rings. The maximum Gasteiger partial charge on any atom is 0.433 e. The van der Waals surface area contributed by atoms with Gasteiger partial charge in [-0.15, -0.1) is 0 Å². The Balaban J connectivity index is 0.000000577. The molecule has 1 heterocycles. The second-order valence-electron chi connectivity index (χ2n) is 7.19. The third-order valence-electron chi connectivity index (χ3n) is 4.11. The molecule has 0 aliphatic heterocycles. The molecule has 0 radical (unpaired) electrons. The summed E-state index contributed by atoms with van der Waals surface area (Å²) in [5, 5.41) is 5.37. The predicted octanol–water partition coefficient (Wildman–Crippen LogP) is 6.37. The van der Waals surface area contributed by atoms with Crippen molar-refractivity contribution in [2.75, 3.05) is 26.0 Å². The van der Waals surface area contributed by atoms with Crippen LogP contribution in [0, 0.1) is 18.6 Å². The molecule has 2 rings (SSSR count). The van der Waals surface area contributed by atoms with E-state index < -0.39 is 23.5 Å². The number of hydrogen-bond acceptors (Lipinski definition) is 4. The summed E-state index contributed by atoms with van der Waals surface area (Å²) in [5.74, 6) is -1.22. The van der Waals surface area contributed by atoms with Crippen molar-refractivity contribution >= 4 is 18.0 Å². The van der Waals surface area contributed by atoms with Crippen molar-refractivity contribution in [3.8, 4) is 0 Å². The lowest BCUT2D eigenvalue weighted by Crippen LogP contribution is -2.10. The molecule has 184 valence electrons. The highest BCUT2D eigenvalue weighted by Crippen LogP contribution is 2.30. The maximum atomic E-state index is 12.8. The van der Waals surface area contributed by atoms with Gasteiger partial charge in [0.15, 0.2) is 0 Å². The Morgan fingerprint density at radius 1 is 1.09 bits per heavy atom. The van der Waals surface area contributed by atoms with Gasteiger partial charge in [0.1, 0.15) is 29.3 Å². The molecule has 0 fully saturated rings. The standard InChI is InChI=1S/C13H14F3NO.C8H9F2N.C3H9N/c1-9(2)12-10(5-3-4-8-18)6-7-11(17-12)13(14,15)16;1-5-3-6(9)8(11-2)7(10)4-5;1-3-4-2/h3,5-9H,4H2,1-2H3;3-4,11H,1-2H3;4H,3H2,1-2H3. The monoisotopic (exact) mass is 473 g/mol. The number of aromatic nitrogens is 1. The van der Waals surface area contributed by atoms with Gasteiger partial charge in [0.2, 0.25) is 0 Å². The zero-order chi connectivity index (χ0) is 25.6. The number of rotatable bonds is 6. The van der Waals surface area contributed by atoms with E-state index in [1.165, 1.54) is 25.2 Å². The quantitative estimate of drug-likeness (QED) is 0.378. The number of pyridine rings is 1. The summed E-state index contributed by atoms with van der Waals surface area (Å²) in [6.45, 7) is 8.34. The summed E-state index contributed by atoms with van der Waals surface area (Å²) in [5.41, 5.74) is 0.611. The third kappa shape index (κ3) is 11.1. The highest BCUT2D eigenvalue weighted by molar-refractivity contribution is 5.59. The molecule has 1 aromatic carbocycles. The summed E-state index contributed by atoms with van der Waals surface area (Å²) >= 11 is 0. The van der Waals surface area contributed by atoms with Gasteiger partial charge in [-0.2, -0.15) is 13.2 Å². The minimum atomic E-state index is -4.44. The van der Waals surface area contributed by atoms with Crippen molar-refractivity contribution < 1.29 is 26.7 Å². The van der Waals surface area contributed by atoms with Crippen LogP contribution in [-0.2, 0) is 11.0 Å². The smallest absolute Gasteiger partial charge is 0.383 e. The van der Waals surface area contributed by atoms with E-state index in [4.69, 9.17) is 0 Å². The SMILES string of the molecule is CC(C)c1nc(C(F)(F)F)ccc1C=CCC=O.CCNC.CNc1c(F)cc(C)cc1F. The highest BCUT2D eigenvalue weighted by Gasteiger charge is 2.33. The van der Waals surface area contributed by atoms with Crippen molar-refractivity contribution in [1.82, 2.24) is 10.3 Å². The van der Waals surface area contributed by atoms with E-state index in [-0.39, 0.29) is 18.0 Å². The number of aryl methyl sites for hydroxylation is 1. The molecule has 0 bridgehead atoms. The second kappa shape index (κ2) is 15.1. The predicted molar refractivity (Wildman–Crippen MR) is 123 cm³/mol. The van der Waals surface area contributed by atoms with E-state index in [1.807, 2.05) is 7.05 Å². The van der Waals surface area contributed by atoms with Gasteiger partial charge >= 0.3 is 6.18 Å². The third-order valence-corrected chi connectivity index (χ3v) is 4.11. The van der Waals surface area contributed by atoms with Crippen LogP contribution in [0.2, 0.25) is 0 Å². The number of hydrogen-bond donors (Lipinski definition) is 2. The molecule has 33 heavy (non-hydrogen) atoms. The summed E-state index contributed by atoms with van der Waals surface area (Å²) in [4.78, 5) is 13.8. The highest BCUT2D eigenvalue weighted by atomic mass is 19.4. The Hall–Kier alpha value is -2.81. The number of alkyl halides is 3. The van der Waals surface area contributed by atoms with E-state index >= 15 is 0 Å². The van der Waals surface area contributed by atoms with Crippen molar-refractivity contribution in [3.05, 3.63) is 64.5 Å². The molecule has 0 aliphatic carbocycles. The molecule has 0 spiro atoms. The van der Waals surface area contributed by atoms with Crippen LogP contribution in [0.25, 0.3) is 6.08 Å². The molecule has 0 saturated heterocycles. The minimum Gasteiger partial charge on any atom is -0.383 e. The average molecular weight is 474 g/mol. The Morgan fingerprint density at radius 3 is 2.03 bits per heavy atom. The van der Waals surface area contributed by atoms with Crippen LogP contribution in [0.5, 0.6) is 0 Å². The van der Waals surface area contributed by atoms with Crippen molar-refractivity contribution in [2.45, 2.75) is 46.2 Å². The Morgan fingerprint density at radius 2 is 1.64 bits per heavy atom. The van der Waals surface area contributed by atoms with Crippen molar-refractivity contribution in [1.29, 1.82) is 0 Å². The molecule has 2 aromatic rings. The van der Waals surface area contributed by atoms with Crippen LogP contribution in [0.4, 0.5) is 27.6 Å². The van der Waals surface area contributed by atoms with Gasteiger partial charge in [0.05, 0.1) is 5.69 Å². The summed E-state index contributed by atoms with van der Waals surface area (Å²) in [6.07, 6.45) is -0.254. The van der Waals surface area contributed by atoms with E-state index in [9.17, 15) is 26.7 Å². The molecule has 1 aromatic heterocycles. The van der Waals surface area contributed by atoms with Gasteiger partial charge in [-0.1, -0.05) is 39.0 Å². The van der Waals surface area contributed by atoms with Gasteiger partial charge in [-0.3, -0.25) is 0 Å². The molecule has 0 saturated carbocycles. The fraction of sp³-hybridized carbons (Fsp3) is 0.417. The van der Waals surface area contributed by atoms with E-state index in [2.05, 4.69) is 22.5 Å². The second-order valence-corrected chi connectivity index (χ2v) is 7.19. The van der Waals surface area contributed by atoms with Gasteiger partial charge in [0.25, 0.3) is 0 Å². The molecule has 0 atom stereocenters. The topological polar surface area (TPSA) is 54.0 Å². The lowest BCUT2D eigenvalue weighted by molar-refractivity contribution is -0.141. The maximum absolute atomic E-state index is 12.8. The molecule has 2 N–H and O–H groups in total. The fourth-order valence-corrected chi connectivity index (χ4v) is 2.44. The molecular formula is C24H32F5N3O. The van der Waals surface area contributed by atoms with Crippen LogP contribution in [0.3, 0.4) is 0 Å². The number of aldehydes is 1. The number of carbonyl (C=O) groups excluding carboxylic acids is 1. The van der Waals surface area contributed by atoms with Crippen LogP contribution < -0.4 is 10.6 Å². The average Bonchev–Trinajstić information content (AvgIpc) is 2.73. The number of benzene rings is 1. The number of anilines is 1. The lowest BCUT2D eigenvalue weighted by atomic mass is 10.0. The Labute approximate surface area is 192 Å². The first-order valence-electron chi connectivity index (χ1n) is 10.4. The van der Waals surface area contributed by atoms with Crippen LogP contribution in [0.15, 0.2) is 30.3 Å². The zero-order valence-electron chi connectivity index (χ0n) is 19.8. The summed E-state index contributed by atoms with van der Waals surface area (Å²) in [6, 6.07) is 4.91. The van der Waals surface area contributed by atoms with E-state index in [0.717, 1.165) is 18.9 Å². The number of nitrogens with zero attached hydrogens (tertiary/aromatic N) is 1. The molecular weight excluding hydrogens is 441 g/mol.